The molecule has 0 unspecified atom stereocenters. The fourth-order valence-corrected chi connectivity index (χ4v) is 2.49. The van der Waals surface area contributed by atoms with E-state index in [1.54, 1.807) is 33.5 Å². The largest absolute Gasteiger partial charge is 0.493 e. The summed E-state index contributed by atoms with van der Waals surface area (Å²) in [7, 11) is 4.79. The first-order chi connectivity index (χ1) is 12.7. The molecule has 2 aromatic carbocycles. The second kappa shape index (κ2) is 10.2. The number of para-hydroxylation sites is 2. The Balaban J connectivity index is 1.72. The molecule has 6 nitrogen and oxygen atoms in total. The lowest BCUT2D eigenvalue weighted by molar-refractivity contribution is -0.123. The third-order valence-electron chi connectivity index (χ3n) is 3.84. The first-order valence-electron chi connectivity index (χ1n) is 8.41. The summed E-state index contributed by atoms with van der Waals surface area (Å²) in [5.74, 6) is 2.41. The zero-order chi connectivity index (χ0) is 18.8. The zero-order valence-electron chi connectivity index (χ0n) is 15.4. The fraction of sp³-hybridized carbons (Fsp3) is 0.350. The predicted molar refractivity (Wildman–Crippen MR) is 99.4 cm³/mol. The number of amides is 1. The second-order valence-corrected chi connectivity index (χ2v) is 5.58. The maximum Gasteiger partial charge on any atom is 0.257 e. The van der Waals surface area contributed by atoms with Crippen LogP contribution >= 0.6 is 0 Å². The highest BCUT2D eigenvalue weighted by Crippen LogP contribution is 2.28. The number of hydrogen-bond donors (Lipinski definition) is 1. The van der Waals surface area contributed by atoms with E-state index in [-0.39, 0.29) is 12.5 Å². The first kappa shape index (κ1) is 19.4. The molecule has 0 saturated carbocycles. The molecule has 0 saturated heterocycles. The van der Waals surface area contributed by atoms with Crippen molar-refractivity contribution in [2.24, 2.45) is 0 Å². The molecule has 2 rings (SSSR count). The van der Waals surface area contributed by atoms with Crippen molar-refractivity contribution in [1.29, 1.82) is 0 Å². The van der Waals surface area contributed by atoms with Gasteiger partial charge in [0.05, 0.1) is 21.3 Å². The van der Waals surface area contributed by atoms with E-state index in [4.69, 9.17) is 18.9 Å². The summed E-state index contributed by atoms with van der Waals surface area (Å²) in [5.41, 5.74) is 1.13. The fourth-order valence-electron chi connectivity index (χ4n) is 2.49. The summed E-state index contributed by atoms with van der Waals surface area (Å²) in [6.45, 7) is 0.527. The van der Waals surface area contributed by atoms with Gasteiger partial charge in [-0.05, 0) is 42.7 Å². The maximum absolute atomic E-state index is 11.9. The number of benzene rings is 2. The zero-order valence-corrected chi connectivity index (χ0v) is 15.4. The molecule has 26 heavy (non-hydrogen) atoms. The second-order valence-electron chi connectivity index (χ2n) is 5.58. The first-order valence-corrected chi connectivity index (χ1v) is 8.41. The highest BCUT2D eigenvalue weighted by atomic mass is 16.5. The molecule has 6 heteroatoms. The van der Waals surface area contributed by atoms with Gasteiger partial charge in [0.1, 0.15) is 0 Å². The number of hydrogen-bond acceptors (Lipinski definition) is 5. The van der Waals surface area contributed by atoms with E-state index in [2.05, 4.69) is 5.32 Å². The summed E-state index contributed by atoms with van der Waals surface area (Å²) in [5, 5.41) is 2.85. The molecule has 1 N–H and O–H groups in total. The third kappa shape index (κ3) is 5.58. The van der Waals surface area contributed by atoms with Crippen molar-refractivity contribution in [3.8, 4) is 23.0 Å². The van der Waals surface area contributed by atoms with E-state index in [1.165, 1.54) is 0 Å². The Morgan fingerprint density at radius 3 is 2.23 bits per heavy atom. The minimum atomic E-state index is -0.164. The molecule has 0 radical (unpaired) electrons. The molecule has 0 atom stereocenters. The molecule has 0 aliphatic heterocycles. The number of methoxy groups -OCH3 is 3. The van der Waals surface area contributed by atoms with Gasteiger partial charge in [0.25, 0.3) is 5.91 Å². The van der Waals surface area contributed by atoms with Gasteiger partial charge in [-0.1, -0.05) is 18.2 Å². The lowest BCUT2D eigenvalue weighted by atomic mass is 10.1. The van der Waals surface area contributed by atoms with E-state index < -0.39 is 0 Å². The van der Waals surface area contributed by atoms with Crippen LogP contribution in [0.2, 0.25) is 0 Å². The van der Waals surface area contributed by atoms with E-state index in [1.807, 2.05) is 30.3 Å². The molecule has 0 aromatic heterocycles. The Morgan fingerprint density at radius 1 is 0.885 bits per heavy atom. The summed E-state index contributed by atoms with van der Waals surface area (Å²) in [6.07, 6.45) is 1.64. The predicted octanol–water partition coefficient (Wildman–Crippen LogP) is 2.84. The van der Waals surface area contributed by atoms with Crippen molar-refractivity contribution < 1.29 is 23.7 Å². The van der Waals surface area contributed by atoms with Gasteiger partial charge in [-0.3, -0.25) is 4.79 Å². The summed E-state index contributed by atoms with van der Waals surface area (Å²) >= 11 is 0. The molecule has 0 fully saturated rings. The molecule has 140 valence electrons. The van der Waals surface area contributed by atoms with Gasteiger partial charge >= 0.3 is 0 Å². The molecule has 0 aliphatic carbocycles. The normalized spacial score (nSPS) is 10.1. The van der Waals surface area contributed by atoms with Gasteiger partial charge in [-0.25, -0.2) is 0 Å². The van der Waals surface area contributed by atoms with Crippen molar-refractivity contribution in [3.05, 3.63) is 48.0 Å². The van der Waals surface area contributed by atoms with Crippen LogP contribution in [0.25, 0.3) is 0 Å². The number of carbonyl (C=O) groups is 1. The molecule has 0 spiro atoms. The van der Waals surface area contributed by atoms with Crippen LogP contribution in [0.1, 0.15) is 12.0 Å². The molecular formula is C20H25NO5. The van der Waals surface area contributed by atoms with E-state index in [0.717, 1.165) is 18.4 Å². The van der Waals surface area contributed by atoms with E-state index in [9.17, 15) is 4.79 Å². The lowest BCUT2D eigenvalue weighted by Crippen LogP contribution is -2.30. The highest BCUT2D eigenvalue weighted by Gasteiger charge is 2.07. The number of nitrogens with one attached hydrogen (secondary N) is 1. The minimum Gasteiger partial charge on any atom is -0.493 e. The summed E-state index contributed by atoms with van der Waals surface area (Å²) in [4.78, 5) is 11.9. The van der Waals surface area contributed by atoms with E-state index >= 15 is 0 Å². The standard InChI is InChI=1S/C20H25NO5/c1-23-16-8-4-5-9-18(16)26-14-20(22)21-12-6-7-15-10-11-17(24-2)19(13-15)25-3/h4-5,8-11,13H,6-7,12,14H2,1-3H3,(H,21,22). The quantitative estimate of drug-likeness (QED) is 0.661. The molecule has 2 aromatic rings. The average molecular weight is 359 g/mol. The van der Waals surface area contributed by atoms with Crippen molar-refractivity contribution in [3.63, 3.8) is 0 Å². The Hall–Kier alpha value is -2.89. The monoisotopic (exact) mass is 359 g/mol. The summed E-state index contributed by atoms with van der Waals surface area (Å²) < 4.78 is 21.2. The van der Waals surface area contributed by atoms with Gasteiger partial charge in [-0.15, -0.1) is 0 Å². The molecule has 0 heterocycles. The van der Waals surface area contributed by atoms with Crippen LogP contribution in [0.4, 0.5) is 0 Å². The maximum atomic E-state index is 11.9. The Morgan fingerprint density at radius 2 is 1.54 bits per heavy atom. The molecule has 0 bridgehead atoms. The van der Waals surface area contributed by atoms with Gasteiger partial charge in [0.2, 0.25) is 0 Å². The smallest absolute Gasteiger partial charge is 0.257 e. The Bertz CT molecular complexity index is 717. The van der Waals surface area contributed by atoms with Crippen molar-refractivity contribution in [2.75, 3.05) is 34.5 Å². The van der Waals surface area contributed by atoms with Crippen LogP contribution < -0.4 is 24.3 Å². The van der Waals surface area contributed by atoms with Gasteiger partial charge < -0.3 is 24.3 Å². The van der Waals surface area contributed by atoms with Crippen molar-refractivity contribution in [2.45, 2.75) is 12.8 Å². The van der Waals surface area contributed by atoms with Gasteiger partial charge in [0, 0.05) is 6.54 Å². The Labute approximate surface area is 154 Å². The minimum absolute atomic E-state index is 0.0449. The van der Waals surface area contributed by atoms with Crippen LogP contribution in [-0.4, -0.2) is 40.4 Å². The van der Waals surface area contributed by atoms with Crippen molar-refractivity contribution >= 4 is 5.91 Å². The number of ether oxygens (including phenoxy) is 4. The van der Waals surface area contributed by atoms with Crippen LogP contribution in [-0.2, 0) is 11.2 Å². The number of aryl methyl sites for hydroxylation is 1. The molecular weight excluding hydrogens is 334 g/mol. The third-order valence-corrected chi connectivity index (χ3v) is 3.84. The van der Waals surface area contributed by atoms with Crippen LogP contribution in [0, 0.1) is 0 Å². The lowest BCUT2D eigenvalue weighted by Gasteiger charge is -2.11. The van der Waals surface area contributed by atoms with Crippen molar-refractivity contribution in [1.82, 2.24) is 5.32 Å². The topological polar surface area (TPSA) is 66.0 Å². The van der Waals surface area contributed by atoms with E-state index in [0.29, 0.717) is 29.5 Å². The summed E-state index contributed by atoms with van der Waals surface area (Å²) in [6, 6.07) is 13.1. The van der Waals surface area contributed by atoms with Crippen LogP contribution in [0.15, 0.2) is 42.5 Å². The van der Waals surface area contributed by atoms with Gasteiger partial charge in [-0.2, -0.15) is 0 Å². The van der Waals surface area contributed by atoms with Gasteiger partial charge in [0.15, 0.2) is 29.6 Å². The average Bonchev–Trinajstić information content (AvgIpc) is 2.69. The molecule has 1 amide bonds. The highest BCUT2D eigenvalue weighted by molar-refractivity contribution is 5.77. The Kier molecular flexibility index (Phi) is 7.61. The molecule has 0 aliphatic rings. The van der Waals surface area contributed by atoms with Crippen LogP contribution in [0.3, 0.4) is 0 Å². The van der Waals surface area contributed by atoms with Crippen LogP contribution in [0.5, 0.6) is 23.0 Å². The number of carbonyl (C=O) groups excluding carboxylic acids is 1. The number of rotatable bonds is 10. The SMILES string of the molecule is COc1ccc(CCCNC(=O)COc2ccccc2OC)cc1OC.